The van der Waals surface area contributed by atoms with Crippen LogP contribution < -0.4 is 4.74 Å². The molecule has 0 spiro atoms. The van der Waals surface area contributed by atoms with Gasteiger partial charge in [0, 0.05) is 18.5 Å². The van der Waals surface area contributed by atoms with E-state index >= 15 is 0 Å². The van der Waals surface area contributed by atoms with Crippen molar-refractivity contribution in [1.29, 1.82) is 0 Å². The monoisotopic (exact) mass is 394 g/mol. The van der Waals surface area contributed by atoms with Crippen molar-refractivity contribution in [2.75, 3.05) is 26.8 Å². The number of benzene rings is 1. The first-order valence-corrected chi connectivity index (χ1v) is 9.44. The molecule has 0 radical (unpaired) electrons. The number of hydrogen-bond donors (Lipinski definition) is 0. The molecule has 1 fully saturated rings. The topological polar surface area (TPSA) is 95.3 Å². The number of nitrogens with zero attached hydrogens (tertiary/aromatic N) is 6. The number of hydrogen-bond acceptors (Lipinski definition) is 7. The summed E-state index contributed by atoms with van der Waals surface area (Å²) in [4.78, 5) is 19.2. The average Bonchev–Trinajstić information content (AvgIpc) is 3.31. The first kappa shape index (κ1) is 19.0. The molecule has 3 aromatic rings. The number of carbonyl (C=O) groups excluding carboxylic acids is 1. The van der Waals surface area contributed by atoms with E-state index in [0.717, 1.165) is 22.7 Å². The van der Waals surface area contributed by atoms with E-state index in [2.05, 4.69) is 15.5 Å². The summed E-state index contributed by atoms with van der Waals surface area (Å²) in [5.41, 5.74) is 2.67. The second-order valence-corrected chi connectivity index (χ2v) is 6.70. The Labute approximate surface area is 168 Å². The lowest BCUT2D eigenvalue weighted by Gasteiger charge is -2.33. The molecular weight excluding hydrogens is 372 g/mol. The van der Waals surface area contributed by atoms with Gasteiger partial charge in [0.25, 0.3) is 0 Å². The predicted octanol–water partition coefficient (Wildman–Crippen LogP) is 1.73. The quantitative estimate of drug-likeness (QED) is 0.628. The van der Waals surface area contributed by atoms with Gasteiger partial charge in [-0.3, -0.25) is 4.79 Å². The van der Waals surface area contributed by atoms with Crippen molar-refractivity contribution >= 4 is 5.91 Å². The van der Waals surface area contributed by atoms with Gasteiger partial charge in [0.15, 0.2) is 0 Å². The molecule has 150 valence electrons. The lowest BCUT2D eigenvalue weighted by atomic mass is 10.1. The van der Waals surface area contributed by atoms with Crippen molar-refractivity contribution < 1.29 is 14.3 Å². The standard InChI is InChI=1S/C20H22N6O3/c1-28-16-7-5-15(6-8-16)17-3-2-4-18(22-17)19-13-25(11-12-29-19)20(27)9-10-26-14-21-23-24-26/h2-8,14,19H,9-13H2,1H3. The number of methoxy groups -OCH3 is 1. The zero-order valence-electron chi connectivity index (χ0n) is 16.1. The molecule has 1 unspecified atom stereocenters. The van der Waals surface area contributed by atoms with Crippen molar-refractivity contribution in [3.8, 4) is 17.0 Å². The Morgan fingerprint density at radius 2 is 2.10 bits per heavy atom. The van der Waals surface area contributed by atoms with Crippen LogP contribution in [0.15, 0.2) is 48.8 Å². The van der Waals surface area contributed by atoms with Gasteiger partial charge in [0.2, 0.25) is 5.91 Å². The van der Waals surface area contributed by atoms with Gasteiger partial charge in [-0.15, -0.1) is 5.10 Å². The zero-order valence-corrected chi connectivity index (χ0v) is 16.1. The van der Waals surface area contributed by atoms with Crippen LogP contribution in [-0.4, -0.2) is 62.8 Å². The molecule has 1 aliphatic heterocycles. The van der Waals surface area contributed by atoms with Gasteiger partial charge in [-0.2, -0.15) is 0 Å². The summed E-state index contributed by atoms with van der Waals surface area (Å²) in [7, 11) is 1.64. The van der Waals surface area contributed by atoms with Crippen LogP contribution in [0.3, 0.4) is 0 Å². The van der Waals surface area contributed by atoms with E-state index in [1.54, 1.807) is 11.8 Å². The second kappa shape index (κ2) is 8.78. The van der Waals surface area contributed by atoms with Gasteiger partial charge >= 0.3 is 0 Å². The molecule has 2 aromatic heterocycles. The first-order chi connectivity index (χ1) is 14.2. The number of carbonyl (C=O) groups is 1. The fourth-order valence-corrected chi connectivity index (χ4v) is 3.26. The fourth-order valence-electron chi connectivity index (χ4n) is 3.26. The number of amides is 1. The van der Waals surface area contributed by atoms with E-state index in [9.17, 15) is 4.79 Å². The maximum absolute atomic E-state index is 12.6. The Hall–Kier alpha value is -3.33. The van der Waals surface area contributed by atoms with Crippen molar-refractivity contribution in [2.24, 2.45) is 0 Å². The van der Waals surface area contributed by atoms with Crippen LogP contribution in [0.5, 0.6) is 5.75 Å². The van der Waals surface area contributed by atoms with Crippen molar-refractivity contribution in [3.05, 3.63) is 54.5 Å². The van der Waals surface area contributed by atoms with E-state index in [0.29, 0.717) is 32.7 Å². The Bertz CT molecular complexity index is 945. The Morgan fingerprint density at radius 1 is 1.24 bits per heavy atom. The van der Waals surface area contributed by atoms with Gasteiger partial charge in [-0.1, -0.05) is 6.07 Å². The first-order valence-electron chi connectivity index (χ1n) is 9.44. The molecule has 0 bridgehead atoms. The summed E-state index contributed by atoms with van der Waals surface area (Å²) < 4.78 is 12.7. The molecule has 9 heteroatoms. The second-order valence-electron chi connectivity index (χ2n) is 6.70. The highest BCUT2D eigenvalue weighted by Gasteiger charge is 2.26. The zero-order chi connectivity index (χ0) is 20.1. The van der Waals surface area contributed by atoms with Crippen molar-refractivity contribution in [3.63, 3.8) is 0 Å². The molecule has 29 heavy (non-hydrogen) atoms. The highest BCUT2D eigenvalue weighted by Crippen LogP contribution is 2.25. The van der Waals surface area contributed by atoms with Gasteiger partial charge in [-0.05, 0) is 46.8 Å². The molecule has 0 aliphatic carbocycles. The van der Waals surface area contributed by atoms with Crippen LogP contribution in [0.25, 0.3) is 11.3 Å². The summed E-state index contributed by atoms with van der Waals surface area (Å²) in [6, 6.07) is 13.6. The number of pyridine rings is 1. The van der Waals surface area contributed by atoms with Crippen LogP contribution >= 0.6 is 0 Å². The summed E-state index contributed by atoms with van der Waals surface area (Å²) >= 11 is 0. The summed E-state index contributed by atoms with van der Waals surface area (Å²) in [5.74, 6) is 0.858. The Morgan fingerprint density at radius 3 is 2.86 bits per heavy atom. The van der Waals surface area contributed by atoms with E-state index in [-0.39, 0.29) is 12.0 Å². The normalized spacial score (nSPS) is 16.6. The van der Waals surface area contributed by atoms with Crippen LogP contribution in [-0.2, 0) is 16.1 Å². The molecule has 1 saturated heterocycles. The van der Waals surface area contributed by atoms with E-state index in [1.807, 2.05) is 47.4 Å². The molecular formula is C20H22N6O3. The third kappa shape index (κ3) is 4.57. The Kier molecular flexibility index (Phi) is 5.76. The minimum atomic E-state index is -0.251. The molecule has 4 rings (SSSR count). The molecule has 1 aromatic carbocycles. The summed E-state index contributed by atoms with van der Waals surface area (Å²) in [6.07, 6.45) is 1.60. The van der Waals surface area contributed by atoms with Gasteiger partial charge in [-0.25, -0.2) is 9.67 Å². The highest BCUT2D eigenvalue weighted by atomic mass is 16.5. The van der Waals surface area contributed by atoms with E-state index in [1.165, 1.54) is 6.33 Å². The smallest absolute Gasteiger partial charge is 0.224 e. The number of morpholine rings is 1. The van der Waals surface area contributed by atoms with Crippen molar-refractivity contribution in [1.82, 2.24) is 30.1 Å². The predicted molar refractivity (Wildman–Crippen MR) is 104 cm³/mol. The van der Waals surface area contributed by atoms with Crippen LogP contribution in [0.2, 0.25) is 0 Å². The highest BCUT2D eigenvalue weighted by molar-refractivity contribution is 5.76. The largest absolute Gasteiger partial charge is 0.497 e. The summed E-state index contributed by atoms with van der Waals surface area (Å²) in [5, 5.41) is 10.9. The molecule has 0 N–H and O–H groups in total. The lowest BCUT2D eigenvalue weighted by molar-refractivity contribution is -0.139. The minimum absolute atomic E-state index is 0.0557. The maximum atomic E-state index is 12.6. The molecule has 1 atom stereocenters. The van der Waals surface area contributed by atoms with Crippen molar-refractivity contribution in [2.45, 2.75) is 19.1 Å². The van der Waals surface area contributed by atoms with Gasteiger partial charge in [0.05, 0.1) is 38.2 Å². The maximum Gasteiger partial charge on any atom is 0.224 e. The number of aromatic nitrogens is 5. The summed E-state index contributed by atoms with van der Waals surface area (Å²) in [6.45, 7) is 1.99. The SMILES string of the molecule is COc1ccc(-c2cccc(C3CN(C(=O)CCn4cnnn4)CCO3)n2)cc1. The average molecular weight is 394 g/mol. The molecule has 1 aliphatic rings. The van der Waals surface area contributed by atoms with Crippen LogP contribution in [0.4, 0.5) is 0 Å². The Balaban J connectivity index is 1.43. The third-order valence-electron chi connectivity index (χ3n) is 4.85. The van der Waals surface area contributed by atoms with E-state index < -0.39 is 0 Å². The minimum Gasteiger partial charge on any atom is -0.497 e. The molecule has 9 nitrogen and oxygen atoms in total. The number of aryl methyl sites for hydroxylation is 1. The van der Waals surface area contributed by atoms with Crippen LogP contribution in [0.1, 0.15) is 18.2 Å². The van der Waals surface area contributed by atoms with Crippen LogP contribution in [0, 0.1) is 0 Å². The molecule has 3 heterocycles. The number of tetrazole rings is 1. The third-order valence-corrected chi connectivity index (χ3v) is 4.85. The lowest BCUT2D eigenvalue weighted by Crippen LogP contribution is -2.42. The van der Waals surface area contributed by atoms with E-state index in [4.69, 9.17) is 14.5 Å². The fraction of sp³-hybridized carbons (Fsp3) is 0.350. The number of rotatable bonds is 6. The van der Waals surface area contributed by atoms with Gasteiger partial charge in [0.1, 0.15) is 18.2 Å². The van der Waals surface area contributed by atoms with Gasteiger partial charge < -0.3 is 14.4 Å². The molecule has 0 saturated carbocycles. The molecule has 1 amide bonds. The number of ether oxygens (including phenoxy) is 2.